The molecule has 1 heterocycles. The molecule has 1 aliphatic carbocycles. The van der Waals surface area contributed by atoms with Gasteiger partial charge in [-0.1, -0.05) is 12.1 Å². The van der Waals surface area contributed by atoms with Crippen molar-refractivity contribution in [1.29, 1.82) is 0 Å². The molecule has 0 aliphatic heterocycles. The lowest BCUT2D eigenvalue weighted by molar-refractivity contribution is -0.117. The Morgan fingerprint density at radius 1 is 1.19 bits per heavy atom. The second-order valence-electron chi connectivity index (χ2n) is 6.38. The van der Waals surface area contributed by atoms with Gasteiger partial charge in [-0.2, -0.15) is 0 Å². The molecule has 0 radical (unpaired) electrons. The number of nitrogens with one attached hydrogen (secondary N) is 1. The first-order chi connectivity index (χ1) is 12.7. The Morgan fingerprint density at radius 2 is 2.00 bits per heavy atom. The van der Waals surface area contributed by atoms with Crippen LogP contribution in [0.15, 0.2) is 57.7 Å². The first-order valence-electron chi connectivity index (χ1n) is 8.76. The van der Waals surface area contributed by atoms with Gasteiger partial charge in [0.1, 0.15) is 17.1 Å². The number of para-hydroxylation sites is 1. The normalized spacial score (nSPS) is 13.6. The fraction of sp³-hybridized carbons (Fsp3) is 0.238. The summed E-state index contributed by atoms with van der Waals surface area (Å²) in [6.45, 7) is 2.42. The van der Waals surface area contributed by atoms with Crippen LogP contribution in [0.2, 0.25) is 0 Å². The third-order valence-electron chi connectivity index (χ3n) is 4.40. The van der Waals surface area contributed by atoms with Gasteiger partial charge in [0, 0.05) is 23.7 Å². The number of hydrogen-bond donors (Lipinski definition) is 1. The van der Waals surface area contributed by atoms with Gasteiger partial charge >= 0.3 is 0 Å². The zero-order chi connectivity index (χ0) is 18.1. The number of carbonyl (C=O) groups is 1. The predicted molar refractivity (Wildman–Crippen MR) is 100 cm³/mol. The largest absolute Gasteiger partial charge is 0.493 e. The predicted octanol–water partition coefficient (Wildman–Crippen LogP) is 4.21. The second kappa shape index (κ2) is 6.67. The van der Waals surface area contributed by atoms with Crippen LogP contribution in [0, 0.1) is 5.92 Å². The lowest BCUT2D eigenvalue weighted by Crippen LogP contribution is -2.13. The van der Waals surface area contributed by atoms with Gasteiger partial charge in [-0.25, -0.2) is 0 Å². The monoisotopic (exact) mass is 349 g/mol. The van der Waals surface area contributed by atoms with Crippen molar-refractivity contribution in [1.82, 2.24) is 0 Å². The van der Waals surface area contributed by atoms with E-state index in [1.807, 2.05) is 31.2 Å². The summed E-state index contributed by atoms with van der Waals surface area (Å²) in [6, 6.07) is 14.0. The van der Waals surface area contributed by atoms with Crippen molar-refractivity contribution < 1.29 is 13.9 Å². The van der Waals surface area contributed by atoms with Crippen molar-refractivity contribution in [2.24, 2.45) is 5.92 Å². The molecule has 26 heavy (non-hydrogen) atoms. The molecule has 0 unspecified atom stereocenters. The summed E-state index contributed by atoms with van der Waals surface area (Å²) in [5.74, 6) is 1.24. The van der Waals surface area contributed by atoms with Crippen LogP contribution in [0.5, 0.6) is 5.75 Å². The summed E-state index contributed by atoms with van der Waals surface area (Å²) < 4.78 is 11.6. The van der Waals surface area contributed by atoms with E-state index in [0.29, 0.717) is 34.8 Å². The van der Waals surface area contributed by atoms with Crippen LogP contribution in [0.25, 0.3) is 22.3 Å². The molecule has 1 N–H and O–H groups in total. The molecule has 5 nitrogen and oxygen atoms in total. The van der Waals surface area contributed by atoms with E-state index in [0.717, 1.165) is 18.4 Å². The van der Waals surface area contributed by atoms with Crippen LogP contribution in [0.3, 0.4) is 0 Å². The average Bonchev–Trinajstić information content (AvgIpc) is 3.47. The standard InChI is InChI=1S/C21H19NO4/c1-2-25-18-6-4-3-5-16(18)20-12-17(23)15-10-9-14(11-19(15)26-20)22-21(24)13-7-8-13/h3-6,9-13H,2,7-8H2,1H3,(H,22,24). The van der Waals surface area contributed by atoms with Crippen molar-refractivity contribution in [3.05, 3.63) is 58.8 Å². The highest BCUT2D eigenvalue weighted by Gasteiger charge is 2.29. The van der Waals surface area contributed by atoms with E-state index < -0.39 is 0 Å². The summed E-state index contributed by atoms with van der Waals surface area (Å²) in [4.78, 5) is 24.5. The average molecular weight is 349 g/mol. The maximum atomic E-state index is 12.5. The minimum atomic E-state index is -0.132. The molecule has 2 aromatic carbocycles. The Morgan fingerprint density at radius 3 is 2.77 bits per heavy atom. The minimum Gasteiger partial charge on any atom is -0.493 e. The number of ether oxygens (including phenoxy) is 1. The lowest BCUT2D eigenvalue weighted by atomic mass is 10.1. The SMILES string of the molecule is CCOc1ccccc1-c1cc(=O)c2ccc(NC(=O)C3CC3)cc2o1. The molecule has 1 aliphatic rings. The smallest absolute Gasteiger partial charge is 0.227 e. The van der Waals surface area contributed by atoms with E-state index in [4.69, 9.17) is 9.15 Å². The Balaban J connectivity index is 1.77. The van der Waals surface area contributed by atoms with Gasteiger partial charge in [-0.15, -0.1) is 0 Å². The third kappa shape index (κ3) is 3.20. The van der Waals surface area contributed by atoms with E-state index >= 15 is 0 Å². The first kappa shape index (κ1) is 16.4. The molecule has 1 aromatic heterocycles. The van der Waals surface area contributed by atoms with Gasteiger partial charge < -0.3 is 14.5 Å². The van der Waals surface area contributed by atoms with Crippen LogP contribution in [0.1, 0.15) is 19.8 Å². The first-order valence-corrected chi connectivity index (χ1v) is 8.76. The Kier molecular flexibility index (Phi) is 4.21. The summed E-state index contributed by atoms with van der Waals surface area (Å²) in [6.07, 6.45) is 1.87. The fourth-order valence-electron chi connectivity index (χ4n) is 2.91. The van der Waals surface area contributed by atoms with Crippen molar-refractivity contribution in [3.8, 4) is 17.1 Å². The number of fused-ring (bicyclic) bond motifs is 1. The number of anilines is 1. The topological polar surface area (TPSA) is 68.5 Å². The molecule has 3 aromatic rings. The highest BCUT2D eigenvalue weighted by molar-refractivity contribution is 5.95. The molecule has 0 bridgehead atoms. The molecule has 0 spiro atoms. The highest BCUT2D eigenvalue weighted by Crippen LogP contribution is 2.32. The number of amides is 1. The zero-order valence-corrected chi connectivity index (χ0v) is 14.5. The van der Waals surface area contributed by atoms with Gasteiger partial charge in [0.05, 0.1) is 17.6 Å². The van der Waals surface area contributed by atoms with Gasteiger partial charge in [0.25, 0.3) is 0 Å². The van der Waals surface area contributed by atoms with E-state index in [2.05, 4.69) is 5.32 Å². The van der Waals surface area contributed by atoms with Crippen molar-refractivity contribution in [2.45, 2.75) is 19.8 Å². The van der Waals surface area contributed by atoms with Gasteiger partial charge in [-0.3, -0.25) is 9.59 Å². The zero-order valence-electron chi connectivity index (χ0n) is 14.5. The van der Waals surface area contributed by atoms with Crippen LogP contribution >= 0.6 is 0 Å². The maximum absolute atomic E-state index is 12.5. The summed E-state index contributed by atoms with van der Waals surface area (Å²) in [7, 11) is 0. The Bertz CT molecular complexity index is 1030. The Labute approximate surface area is 150 Å². The summed E-state index contributed by atoms with van der Waals surface area (Å²) in [5, 5.41) is 3.36. The lowest BCUT2D eigenvalue weighted by Gasteiger charge is -2.10. The van der Waals surface area contributed by atoms with Crippen LogP contribution in [0.4, 0.5) is 5.69 Å². The van der Waals surface area contributed by atoms with Crippen molar-refractivity contribution in [2.75, 3.05) is 11.9 Å². The quantitative estimate of drug-likeness (QED) is 0.749. The van der Waals surface area contributed by atoms with E-state index in [1.165, 1.54) is 6.07 Å². The van der Waals surface area contributed by atoms with Gasteiger partial charge in [0.2, 0.25) is 5.91 Å². The van der Waals surface area contributed by atoms with Gasteiger partial charge in [-0.05, 0) is 44.0 Å². The molecule has 1 fully saturated rings. The molecular weight excluding hydrogens is 330 g/mol. The molecular formula is C21H19NO4. The van der Waals surface area contributed by atoms with Crippen LogP contribution < -0.4 is 15.5 Å². The number of rotatable bonds is 5. The number of hydrogen-bond acceptors (Lipinski definition) is 4. The Hall–Kier alpha value is -3.08. The molecule has 132 valence electrons. The molecule has 1 saturated carbocycles. The molecule has 1 amide bonds. The number of benzene rings is 2. The summed E-state index contributed by atoms with van der Waals surface area (Å²) in [5.41, 5.74) is 1.66. The molecule has 4 rings (SSSR count). The van der Waals surface area contributed by atoms with E-state index in [-0.39, 0.29) is 17.3 Å². The third-order valence-corrected chi connectivity index (χ3v) is 4.40. The van der Waals surface area contributed by atoms with Crippen molar-refractivity contribution in [3.63, 3.8) is 0 Å². The second-order valence-corrected chi connectivity index (χ2v) is 6.38. The van der Waals surface area contributed by atoms with E-state index in [9.17, 15) is 9.59 Å². The fourth-order valence-corrected chi connectivity index (χ4v) is 2.91. The summed E-state index contributed by atoms with van der Waals surface area (Å²) >= 11 is 0. The van der Waals surface area contributed by atoms with Gasteiger partial charge in [0.15, 0.2) is 5.43 Å². The van der Waals surface area contributed by atoms with Crippen LogP contribution in [-0.4, -0.2) is 12.5 Å². The molecule has 0 atom stereocenters. The highest BCUT2D eigenvalue weighted by atomic mass is 16.5. The molecule has 5 heteroatoms. The van der Waals surface area contributed by atoms with Crippen LogP contribution in [-0.2, 0) is 4.79 Å². The maximum Gasteiger partial charge on any atom is 0.227 e. The van der Waals surface area contributed by atoms with Crippen molar-refractivity contribution >= 4 is 22.6 Å². The number of carbonyl (C=O) groups excluding carboxylic acids is 1. The minimum absolute atomic E-state index is 0.0181. The van der Waals surface area contributed by atoms with E-state index in [1.54, 1.807) is 18.2 Å². The molecule has 0 saturated heterocycles.